The second-order valence-corrected chi connectivity index (χ2v) is 11.8. The summed E-state index contributed by atoms with van der Waals surface area (Å²) in [5.74, 6) is 0.598. The monoisotopic (exact) mass is 597 g/mol. The molecule has 1 fully saturated rings. The van der Waals surface area contributed by atoms with Crippen LogP contribution in [0, 0.1) is 20.8 Å². The number of aromatic nitrogens is 1. The fourth-order valence-corrected chi connectivity index (χ4v) is 6.07. The Bertz CT molecular complexity index is 1410. The van der Waals surface area contributed by atoms with Crippen LogP contribution in [0.3, 0.4) is 0 Å². The Balaban J connectivity index is 1.32. The maximum atomic E-state index is 13.1. The average molecular weight is 598 g/mol. The molecule has 1 saturated heterocycles. The molecule has 2 aromatic carbocycles. The number of hydrogen-bond acceptors (Lipinski definition) is 6. The van der Waals surface area contributed by atoms with Crippen LogP contribution in [0.25, 0.3) is 0 Å². The van der Waals surface area contributed by atoms with Crippen LogP contribution in [-0.2, 0) is 6.54 Å². The third-order valence-corrected chi connectivity index (χ3v) is 8.73. The highest BCUT2D eigenvalue weighted by atomic mass is 16.5. The van der Waals surface area contributed by atoms with E-state index in [1.807, 2.05) is 38.4 Å². The minimum Gasteiger partial charge on any atom is -0.497 e. The van der Waals surface area contributed by atoms with E-state index in [1.54, 1.807) is 25.3 Å². The minimum atomic E-state index is -0.167. The molecule has 0 saturated carbocycles. The van der Waals surface area contributed by atoms with Crippen LogP contribution in [-0.4, -0.2) is 67.1 Å². The van der Waals surface area contributed by atoms with Crippen molar-refractivity contribution in [2.24, 2.45) is 0 Å². The number of piperidine rings is 1. The molecule has 1 atom stereocenters. The Morgan fingerprint density at radius 2 is 1.73 bits per heavy atom. The van der Waals surface area contributed by atoms with Crippen molar-refractivity contribution in [3.63, 3.8) is 0 Å². The molecule has 234 valence electrons. The molecular weight excluding hydrogens is 550 g/mol. The van der Waals surface area contributed by atoms with Crippen molar-refractivity contribution in [3.8, 4) is 5.75 Å². The van der Waals surface area contributed by atoms with Crippen molar-refractivity contribution in [2.45, 2.75) is 65.6 Å². The zero-order valence-electron chi connectivity index (χ0n) is 26.9. The van der Waals surface area contributed by atoms with Crippen molar-refractivity contribution >= 4 is 17.5 Å². The molecule has 2 amide bonds. The van der Waals surface area contributed by atoms with Crippen LogP contribution in [0.5, 0.6) is 5.75 Å². The van der Waals surface area contributed by atoms with Gasteiger partial charge in [0.2, 0.25) is 0 Å². The summed E-state index contributed by atoms with van der Waals surface area (Å²) in [5, 5.41) is 5.91. The number of benzene rings is 2. The highest BCUT2D eigenvalue weighted by molar-refractivity contribution is 6.00. The van der Waals surface area contributed by atoms with Gasteiger partial charge in [-0.3, -0.25) is 14.6 Å². The molecule has 2 N–H and O–H groups in total. The Morgan fingerprint density at radius 3 is 2.34 bits per heavy atom. The molecule has 1 aromatic heterocycles. The molecule has 8 heteroatoms. The number of likely N-dealkylation sites (tertiary alicyclic amines) is 1. The quantitative estimate of drug-likeness (QED) is 0.249. The molecule has 1 aliphatic heterocycles. The number of ether oxygens (including phenoxy) is 1. The predicted molar refractivity (Wildman–Crippen MR) is 178 cm³/mol. The van der Waals surface area contributed by atoms with E-state index in [-0.39, 0.29) is 11.8 Å². The zero-order chi connectivity index (χ0) is 31.6. The first-order chi connectivity index (χ1) is 21.2. The zero-order valence-corrected chi connectivity index (χ0v) is 26.9. The number of amides is 2. The summed E-state index contributed by atoms with van der Waals surface area (Å²) in [4.78, 5) is 34.9. The molecule has 0 aliphatic carbocycles. The van der Waals surface area contributed by atoms with Gasteiger partial charge in [-0.05, 0) is 112 Å². The summed E-state index contributed by atoms with van der Waals surface area (Å²) >= 11 is 0. The lowest BCUT2D eigenvalue weighted by atomic mass is 9.98. The number of nitrogens with zero attached hydrogens (tertiary/aromatic N) is 3. The van der Waals surface area contributed by atoms with Gasteiger partial charge in [0.15, 0.2) is 0 Å². The first kappa shape index (κ1) is 32.7. The third-order valence-electron chi connectivity index (χ3n) is 8.73. The molecular formula is C36H47N5O3. The van der Waals surface area contributed by atoms with Gasteiger partial charge in [0.05, 0.1) is 7.11 Å². The number of carbonyl (C=O) groups is 2. The summed E-state index contributed by atoms with van der Waals surface area (Å²) < 4.78 is 5.40. The van der Waals surface area contributed by atoms with Gasteiger partial charge in [-0.2, -0.15) is 0 Å². The molecule has 1 aliphatic rings. The number of rotatable bonds is 13. The molecule has 0 radical (unpaired) electrons. The molecule has 4 rings (SSSR count). The summed E-state index contributed by atoms with van der Waals surface area (Å²) in [5.41, 5.74) is 6.47. The number of anilines is 1. The lowest BCUT2D eigenvalue weighted by Gasteiger charge is -2.42. The van der Waals surface area contributed by atoms with Crippen molar-refractivity contribution in [1.82, 2.24) is 20.5 Å². The van der Waals surface area contributed by atoms with E-state index in [1.165, 1.54) is 16.8 Å². The first-order valence-electron chi connectivity index (χ1n) is 15.5. The number of hydrogen-bond donors (Lipinski definition) is 2. The maximum Gasteiger partial charge on any atom is 0.251 e. The second kappa shape index (κ2) is 15.5. The van der Waals surface area contributed by atoms with Crippen molar-refractivity contribution < 1.29 is 14.3 Å². The number of methoxy groups -OCH3 is 1. The normalized spacial score (nSPS) is 14.5. The van der Waals surface area contributed by atoms with Crippen LogP contribution < -0.4 is 20.3 Å². The Labute approximate surface area is 262 Å². The summed E-state index contributed by atoms with van der Waals surface area (Å²) in [6.07, 6.45) is 8.47. The highest BCUT2D eigenvalue weighted by Gasteiger charge is 2.28. The van der Waals surface area contributed by atoms with Gasteiger partial charge >= 0.3 is 0 Å². The van der Waals surface area contributed by atoms with Crippen molar-refractivity contribution in [1.29, 1.82) is 0 Å². The molecule has 0 bridgehead atoms. The molecule has 3 aromatic rings. The average Bonchev–Trinajstić information content (AvgIpc) is 3.03. The smallest absolute Gasteiger partial charge is 0.251 e. The van der Waals surface area contributed by atoms with E-state index in [4.69, 9.17) is 4.74 Å². The van der Waals surface area contributed by atoms with Crippen LogP contribution in [0.2, 0.25) is 0 Å². The molecule has 1 unspecified atom stereocenters. The topological polar surface area (TPSA) is 86.8 Å². The Hall–Kier alpha value is -4.17. The van der Waals surface area contributed by atoms with Crippen LogP contribution in [0.1, 0.15) is 69.2 Å². The molecule has 44 heavy (non-hydrogen) atoms. The fraction of sp³-hybridized carbons (Fsp3) is 0.417. The molecule has 2 heterocycles. The van der Waals surface area contributed by atoms with Crippen molar-refractivity contribution in [3.05, 3.63) is 101 Å². The van der Waals surface area contributed by atoms with Gasteiger partial charge in [-0.15, -0.1) is 6.58 Å². The lowest BCUT2D eigenvalue weighted by Crippen LogP contribution is -2.48. The Kier molecular flexibility index (Phi) is 11.6. The number of carbonyl (C=O) groups excluding carboxylic acids is 2. The number of nitrogens with one attached hydrogen (secondary N) is 2. The SMILES string of the molecule is C=CCNC(=O)c1cc(C)c(C(=O)NCCC(C)N2CCC(N(Cc3cnccc3C)c3ccc(OC)cc3)CC2)c(C)c1. The standard InChI is InChI=1S/C36H47N5O3/c1-7-16-38-35(42)29-21-26(3)34(27(4)22-29)36(43)39-18-13-28(5)40-19-14-32(15-20-40)41(24-30-23-37-17-12-25(30)2)31-8-10-33(44-6)11-9-31/h7-12,17,21-23,28,32H,1,13-16,18-20,24H2,2-6H3,(H,38,42)(H,39,43). The van der Waals surface area contributed by atoms with Gasteiger partial charge in [-0.1, -0.05) is 6.08 Å². The fourth-order valence-electron chi connectivity index (χ4n) is 6.07. The summed E-state index contributed by atoms with van der Waals surface area (Å²) in [6.45, 7) is 15.6. The van der Waals surface area contributed by atoms with Gasteiger partial charge < -0.3 is 25.2 Å². The summed E-state index contributed by atoms with van der Waals surface area (Å²) in [7, 11) is 1.70. The number of aryl methyl sites for hydroxylation is 3. The van der Waals surface area contributed by atoms with Crippen LogP contribution >= 0.6 is 0 Å². The van der Waals surface area contributed by atoms with Gasteiger partial charge in [0.25, 0.3) is 11.8 Å². The second-order valence-electron chi connectivity index (χ2n) is 11.8. The van der Waals surface area contributed by atoms with Gasteiger partial charge in [0, 0.05) is 74.0 Å². The highest BCUT2D eigenvalue weighted by Crippen LogP contribution is 2.29. The van der Waals surface area contributed by atoms with E-state index < -0.39 is 0 Å². The van der Waals surface area contributed by atoms with E-state index >= 15 is 0 Å². The van der Waals surface area contributed by atoms with Crippen LogP contribution in [0.4, 0.5) is 5.69 Å². The van der Waals surface area contributed by atoms with E-state index in [0.29, 0.717) is 36.3 Å². The Morgan fingerprint density at radius 1 is 1.05 bits per heavy atom. The van der Waals surface area contributed by atoms with Gasteiger partial charge in [0.1, 0.15) is 5.75 Å². The lowest BCUT2D eigenvalue weighted by molar-refractivity contribution is 0.0936. The third kappa shape index (κ3) is 8.26. The summed E-state index contributed by atoms with van der Waals surface area (Å²) in [6, 6.07) is 14.8. The van der Waals surface area contributed by atoms with E-state index in [9.17, 15) is 9.59 Å². The molecule has 0 spiro atoms. The minimum absolute atomic E-state index is 0.0928. The number of pyridine rings is 1. The predicted octanol–water partition coefficient (Wildman–Crippen LogP) is 5.61. The maximum absolute atomic E-state index is 13.1. The van der Waals surface area contributed by atoms with E-state index in [2.05, 4.69) is 64.0 Å². The van der Waals surface area contributed by atoms with E-state index in [0.717, 1.165) is 55.8 Å². The van der Waals surface area contributed by atoms with Gasteiger partial charge in [-0.25, -0.2) is 0 Å². The largest absolute Gasteiger partial charge is 0.497 e. The molecule has 8 nitrogen and oxygen atoms in total. The van der Waals surface area contributed by atoms with Crippen LogP contribution in [0.15, 0.2) is 67.5 Å². The van der Waals surface area contributed by atoms with Crippen molar-refractivity contribution in [2.75, 3.05) is 38.2 Å². The first-order valence-corrected chi connectivity index (χ1v) is 15.5.